The lowest BCUT2D eigenvalue weighted by Gasteiger charge is -2.09. The summed E-state index contributed by atoms with van der Waals surface area (Å²) in [6, 6.07) is 17.1. The van der Waals surface area contributed by atoms with E-state index in [4.69, 9.17) is 17.5 Å². The summed E-state index contributed by atoms with van der Waals surface area (Å²) in [5, 5.41) is 18.8. The van der Waals surface area contributed by atoms with E-state index in [1.165, 1.54) is 0 Å². The van der Waals surface area contributed by atoms with Crippen LogP contribution in [0.4, 0.5) is 0 Å². The van der Waals surface area contributed by atoms with Crippen molar-refractivity contribution in [3.63, 3.8) is 0 Å². The molecule has 1 aromatic heterocycles. The molecular weight excluding hydrogens is 346 g/mol. The number of rotatable bonds is 5. The first-order valence-corrected chi connectivity index (χ1v) is 8.45. The van der Waals surface area contributed by atoms with Gasteiger partial charge in [-0.15, -0.1) is 0 Å². The highest BCUT2D eigenvalue weighted by molar-refractivity contribution is 7.71. The Hall–Kier alpha value is -3.24. The van der Waals surface area contributed by atoms with Gasteiger partial charge in [0, 0.05) is 12.1 Å². The van der Waals surface area contributed by atoms with Crippen LogP contribution in [-0.4, -0.2) is 20.7 Å². The van der Waals surface area contributed by atoms with Gasteiger partial charge in [0.2, 0.25) is 5.91 Å². The first-order chi connectivity index (χ1) is 12.6. The number of aromatic nitrogens is 3. The van der Waals surface area contributed by atoms with E-state index in [1.807, 2.05) is 37.3 Å². The summed E-state index contributed by atoms with van der Waals surface area (Å²) in [5.41, 5.74) is 3.46. The van der Waals surface area contributed by atoms with Crippen molar-refractivity contribution in [3.8, 4) is 17.5 Å². The summed E-state index contributed by atoms with van der Waals surface area (Å²) >= 11 is 5.26. The Kier molecular flexibility index (Phi) is 5.25. The summed E-state index contributed by atoms with van der Waals surface area (Å²) in [7, 11) is 0. The van der Waals surface area contributed by atoms with E-state index >= 15 is 0 Å². The lowest BCUT2D eigenvalue weighted by molar-refractivity contribution is -0.121. The molecule has 0 saturated carbocycles. The van der Waals surface area contributed by atoms with E-state index in [2.05, 4.69) is 21.6 Å². The van der Waals surface area contributed by atoms with Crippen LogP contribution in [0, 0.1) is 23.0 Å². The van der Waals surface area contributed by atoms with Gasteiger partial charge in [-0.05, 0) is 36.8 Å². The maximum atomic E-state index is 12.3. The minimum Gasteiger partial charge on any atom is -0.350 e. The lowest BCUT2D eigenvalue weighted by atomic mass is 10.1. The zero-order valence-electron chi connectivity index (χ0n) is 14.2. The van der Waals surface area contributed by atoms with Gasteiger partial charge in [0.05, 0.1) is 11.6 Å². The molecule has 0 aliphatic heterocycles. The van der Waals surface area contributed by atoms with Gasteiger partial charge < -0.3 is 5.32 Å². The summed E-state index contributed by atoms with van der Waals surface area (Å²) in [4.78, 5) is 12.3. The van der Waals surface area contributed by atoms with E-state index in [-0.39, 0.29) is 12.5 Å². The molecule has 2 aromatic carbocycles. The van der Waals surface area contributed by atoms with Crippen LogP contribution in [0.2, 0.25) is 0 Å². The van der Waals surface area contributed by atoms with Crippen LogP contribution in [-0.2, 0) is 17.9 Å². The van der Waals surface area contributed by atoms with Gasteiger partial charge in [0.15, 0.2) is 10.6 Å². The van der Waals surface area contributed by atoms with E-state index in [0.29, 0.717) is 22.7 Å². The number of aromatic amines is 1. The Morgan fingerprint density at radius 3 is 2.81 bits per heavy atom. The number of nitrogens with one attached hydrogen (secondary N) is 2. The first-order valence-electron chi connectivity index (χ1n) is 8.05. The number of nitriles is 1. The molecule has 0 radical (unpaired) electrons. The average molecular weight is 363 g/mol. The van der Waals surface area contributed by atoms with Crippen molar-refractivity contribution in [2.75, 3.05) is 0 Å². The predicted octanol–water partition coefficient (Wildman–Crippen LogP) is 3.10. The zero-order chi connectivity index (χ0) is 18.5. The van der Waals surface area contributed by atoms with Crippen molar-refractivity contribution < 1.29 is 4.79 Å². The first kappa shape index (κ1) is 17.6. The second-order valence-corrected chi connectivity index (χ2v) is 6.28. The Morgan fingerprint density at radius 2 is 2.08 bits per heavy atom. The van der Waals surface area contributed by atoms with Gasteiger partial charge in [-0.3, -0.25) is 14.5 Å². The molecule has 1 heterocycles. The zero-order valence-corrected chi connectivity index (χ0v) is 15.0. The number of hydrogen-bond donors (Lipinski definition) is 2. The molecule has 0 aliphatic carbocycles. The lowest BCUT2D eigenvalue weighted by Crippen LogP contribution is -2.27. The number of benzene rings is 2. The number of H-pyrrole nitrogens is 1. The van der Waals surface area contributed by atoms with Crippen LogP contribution in [0.5, 0.6) is 0 Å². The highest BCUT2D eigenvalue weighted by Crippen LogP contribution is 2.17. The Bertz CT molecular complexity index is 1030. The largest absolute Gasteiger partial charge is 0.350 e. The molecule has 0 atom stereocenters. The van der Waals surface area contributed by atoms with Crippen molar-refractivity contribution in [1.82, 2.24) is 20.1 Å². The Labute approximate surface area is 156 Å². The van der Waals surface area contributed by atoms with E-state index < -0.39 is 0 Å². The molecule has 0 saturated heterocycles. The standard InChI is InChI=1S/C19H17N5OS/c1-13-5-7-16(8-6-13)18-22-23-19(26)24(18)12-17(25)21-11-15-4-2-3-14(9-15)10-20/h2-9H,11-12H2,1H3,(H,21,25)(H,23,26). The quantitative estimate of drug-likeness (QED) is 0.682. The molecule has 26 heavy (non-hydrogen) atoms. The Balaban J connectivity index is 1.71. The van der Waals surface area contributed by atoms with Gasteiger partial charge in [0.25, 0.3) is 0 Å². The topological polar surface area (TPSA) is 86.5 Å². The molecule has 3 rings (SSSR count). The van der Waals surface area contributed by atoms with E-state index in [1.54, 1.807) is 22.8 Å². The van der Waals surface area contributed by atoms with Gasteiger partial charge in [-0.2, -0.15) is 10.4 Å². The fourth-order valence-corrected chi connectivity index (χ4v) is 2.74. The summed E-state index contributed by atoms with van der Waals surface area (Å²) in [5.74, 6) is 0.440. The number of hydrogen-bond acceptors (Lipinski definition) is 4. The maximum Gasteiger partial charge on any atom is 0.240 e. The van der Waals surface area contributed by atoms with Crippen LogP contribution in [0.15, 0.2) is 48.5 Å². The third-order valence-electron chi connectivity index (χ3n) is 3.92. The molecule has 0 unspecified atom stereocenters. The second kappa shape index (κ2) is 7.76. The second-order valence-electron chi connectivity index (χ2n) is 5.89. The maximum absolute atomic E-state index is 12.3. The van der Waals surface area contributed by atoms with Crippen molar-refractivity contribution in [3.05, 3.63) is 70.0 Å². The third kappa shape index (κ3) is 4.05. The molecule has 0 fully saturated rings. The third-order valence-corrected chi connectivity index (χ3v) is 4.23. The van der Waals surface area contributed by atoms with Crippen molar-refractivity contribution in [1.29, 1.82) is 5.26 Å². The van der Waals surface area contributed by atoms with Crippen molar-refractivity contribution in [2.24, 2.45) is 0 Å². The molecule has 3 aromatic rings. The highest BCUT2D eigenvalue weighted by Gasteiger charge is 2.12. The molecule has 0 bridgehead atoms. The number of carbonyl (C=O) groups is 1. The normalized spacial score (nSPS) is 10.3. The fraction of sp³-hybridized carbons (Fsp3) is 0.158. The molecule has 7 heteroatoms. The van der Waals surface area contributed by atoms with Gasteiger partial charge in [-0.25, -0.2) is 0 Å². The summed E-state index contributed by atoms with van der Waals surface area (Å²) in [6.45, 7) is 2.42. The summed E-state index contributed by atoms with van der Waals surface area (Å²) in [6.07, 6.45) is 0. The minimum absolute atomic E-state index is 0.0660. The van der Waals surface area contributed by atoms with Crippen LogP contribution in [0.3, 0.4) is 0 Å². The van der Waals surface area contributed by atoms with Crippen LogP contribution in [0.25, 0.3) is 11.4 Å². The monoisotopic (exact) mass is 363 g/mol. The summed E-state index contributed by atoms with van der Waals surface area (Å²) < 4.78 is 2.06. The van der Waals surface area contributed by atoms with Crippen LogP contribution < -0.4 is 5.32 Å². The Morgan fingerprint density at radius 1 is 1.31 bits per heavy atom. The fourth-order valence-electron chi connectivity index (χ4n) is 2.54. The predicted molar refractivity (Wildman–Crippen MR) is 101 cm³/mol. The average Bonchev–Trinajstić information content (AvgIpc) is 3.01. The number of carbonyl (C=O) groups excluding carboxylic acids is 1. The van der Waals surface area contributed by atoms with Crippen molar-refractivity contribution in [2.45, 2.75) is 20.0 Å². The SMILES string of the molecule is Cc1ccc(-c2n[nH]c(=S)n2CC(=O)NCc2cccc(C#N)c2)cc1. The molecule has 0 spiro atoms. The van der Waals surface area contributed by atoms with Crippen LogP contribution in [0.1, 0.15) is 16.7 Å². The van der Waals surface area contributed by atoms with E-state index in [0.717, 1.165) is 16.7 Å². The molecule has 6 nitrogen and oxygen atoms in total. The minimum atomic E-state index is -0.182. The van der Waals surface area contributed by atoms with E-state index in [9.17, 15) is 4.79 Å². The highest BCUT2D eigenvalue weighted by atomic mass is 32.1. The number of amides is 1. The molecular formula is C19H17N5OS. The van der Waals surface area contributed by atoms with Crippen LogP contribution >= 0.6 is 12.2 Å². The van der Waals surface area contributed by atoms with Gasteiger partial charge >= 0.3 is 0 Å². The van der Waals surface area contributed by atoms with Crippen molar-refractivity contribution >= 4 is 18.1 Å². The smallest absolute Gasteiger partial charge is 0.240 e. The molecule has 0 aliphatic rings. The number of aryl methyl sites for hydroxylation is 1. The van der Waals surface area contributed by atoms with Gasteiger partial charge in [-0.1, -0.05) is 42.0 Å². The molecule has 1 amide bonds. The van der Waals surface area contributed by atoms with Gasteiger partial charge in [0.1, 0.15) is 6.54 Å². The molecule has 2 N–H and O–H groups in total. The molecule has 130 valence electrons. The number of nitrogens with zero attached hydrogens (tertiary/aromatic N) is 3.